The minimum atomic E-state index is -4.19. The number of sulfonamides is 1. The molecule has 0 bridgehead atoms. The second-order valence-corrected chi connectivity index (χ2v) is 37.0. The molecule has 796 valence electrons. The summed E-state index contributed by atoms with van der Waals surface area (Å²) in [6.45, 7) is 11.6. The molecule has 1 saturated heterocycles. The van der Waals surface area contributed by atoms with Crippen LogP contribution >= 0.6 is 0 Å². The van der Waals surface area contributed by atoms with Crippen molar-refractivity contribution in [3.63, 3.8) is 0 Å². The number of carboxylic acids is 3. The molecule has 1 fully saturated rings. The Balaban J connectivity index is 0.576. The number of carboxylic acid groups (broad SMARTS) is 3. The van der Waals surface area contributed by atoms with Crippen molar-refractivity contribution >= 4 is 133 Å². The molecule has 13 amide bonds. The molecule has 46 heteroatoms. The number of cyclic esters (lactones) is 1. The number of pyridine rings is 2. The van der Waals surface area contributed by atoms with Crippen LogP contribution in [0.3, 0.4) is 0 Å². The molecule has 0 spiro atoms. The number of fused-ring (bicyclic) bond motifs is 5. The van der Waals surface area contributed by atoms with E-state index < -0.39 is 142 Å². The largest absolute Gasteiger partial charge is 0.481 e. The van der Waals surface area contributed by atoms with Crippen molar-refractivity contribution in [1.82, 2.24) is 62.3 Å². The number of carbonyl (C=O) groups is 15. The average molecular weight is 2060 g/mol. The molecular weight excluding hydrogens is 1920 g/mol. The van der Waals surface area contributed by atoms with Crippen LogP contribution in [-0.2, 0) is 131 Å². The van der Waals surface area contributed by atoms with Gasteiger partial charge in [-0.2, -0.15) is 0 Å². The van der Waals surface area contributed by atoms with Crippen LogP contribution in [-0.4, -0.2) is 270 Å². The van der Waals surface area contributed by atoms with E-state index in [2.05, 4.69) is 68.5 Å². The van der Waals surface area contributed by atoms with Crippen LogP contribution in [0.15, 0.2) is 113 Å². The van der Waals surface area contributed by atoms with E-state index in [1.165, 1.54) is 77.7 Å². The minimum absolute atomic E-state index is 0.0293. The van der Waals surface area contributed by atoms with Crippen LogP contribution < -0.4 is 74.1 Å². The van der Waals surface area contributed by atoms with E-state index in [0.29, 0.717) is 80.8 Å². The van der Waals surface area contributed by atoms with E-state index in [4.69, 9.17) is 48.0 Å². The van der Waals surface area contributed by atoms with Crippen molar-refractivity contribution in [3.05, 3.63) is 141 Å². The summed E-state index contributed by atoms with van der Waals surface area (Å²) in [6.07, 6.45) is 5.29. The highest BCUT2D eigenvalue weighted by atomic mass is 32.2. The molecule has 45 nitrogen and oxygen atoms in total. The summed E-state index contributed by atoms with van der Waals surface area (Å²) in [5.41, 5.74) is 2.66. The number of unbranched alkanes of at least 4 members (excludes halogenated alkanes) is 5. The van der Waals surface area contributed by atoms with Crippen LogP contribution in [0, 0.1) is 5.92 Å². The third-order valence-electron chi connectivity index (χ3n) is 24.0. The van der Waals surface area contributed by atoms with Gasteiger partial charge < -0.3 is 126 Å². The predicted octanol–water partition coefficient (Wildman–Crippen LogP) is 7.25. The van der Waals surface area contributed by atoms with Gasteiger partial charge in [0, 0.05) is 111 Å². The Kier molecular flexibility index (Phi) is 47.7. The average Bonchev–Trinajstić information content (AvgIpc) is 1.53. The van der Waals surface area contributed by atoms with E-state index in [1.807, 2.05) is 38.1 Å². The first kappa shape index (κ1) is 116. The number of urea groups is 3. The molecular formula is C100H136N16O29S. The first-order valence-corrected chi connectivity index (χ1v) is 50.9. The lowest BCUT2D eigenvalue weighted by Crippen LogP contribution is -2.57. The van der Waals surface area contributed by atoms with Gasteiger partial charge in [0.2, 0.25) is 47.0 Å². The number of hydrogen-bond acceptors (Lipinski definition) is 27. The fourth-order valence-electron chi connectivity index (χ4n) is 16.6. The molecule has 146 heavy (non-hydrogen) atoms. The zero-order chi connectivity index (χ0) is 106. The van der Waals surface area contributed by atoms with Crippen molar-refractivity contribution in [1.29, 1.82) is 0 Å². The van der Waals surface area contributed by atoms with Gasteiger partial charge in [0.15, 0.2) is 0 Å². The Labute approximate surface area is 845 Å². The Bertz CT molecular complexity index is 5650. The van der Waals surface area contributed by atoms with Gasteiger partial charge in [0.1, 0.15) is 30.8 Å². The minimum Gasteiger partial charge on any atom is -0.481 e. The van der Waals surface area contributed by atoms with Gasteiger partial charge in [0.05, 0.1) is 132 Å². The van der Waals surface area contributed by atoms with E-state index in [9.17, 15) is 95.3 Å². The molecule has 3 aliphatic heterocycles. The van der Waals surface area contributed by atoms with Gasteiger partial charge in [-0.3, -0.25) is 57.5 Å². The summed E-state index contributed by atoms with van der Waals surface area (Å²) in [4.78, 5) is 215. The molecule has 9 rings (SSSR count). The number of esters is 2. The maximum absolute atomic E-state index is 14.5. The summed E-state index contributed by atoms with van der Waals surface area (Å²) in [5.74, 6) is -9.69. The maximum atomic E-state index is 14.5. The Hall–Kier alpha value is -13.8. The van der Waals surface area contributed by atoms with E-state index in [0.717, 1.165) is 41.3 Å². The van der Waals surface area contributed by atoms with Gasteiger partial charge in [-0.25, -0.2) is 37.4 Å². The fraction of sp³-hybridized carbons (Fsp3) is 0.530. The number of hydrogen-bond donors (Lipinski definition) is 16. The van der Waals surface area contributed by atoms with Crippen LogP contribution in [0.2, 0.25) is 0 Å². The molecule has 4 aromatic carbocycles. The number of ether oxygens (including phenoxy) is 8. The number of rotatable bonds is 66. The Morgan fingerprint density at radius 1 is 0.521 bits per heavy atom. The first-order valence-electron chi connectivity index (χ1n) is 49.4. The topological polar surface area (TPSA) is 619 Å². The van der Waals surface area contributed by atoms with Gasteiger partial charge in [-0.05, 0) is 154 Å². The second-order valence-electron chi connectivity index (χ2n) is 35.3. The lowest BCUT2D eigenvalue weighted by atomic mass is 9.85. The standard InChI is InChI=1S/C100H136N16O29S/c1-6-39-104-97(133)108-68-23-19-25-70(58-68)146(136,137)114-69-24-18-22-65(57-69)78(60-87(123)124)112-99(135)107-67-35-33-66(34-36-67)106-98(134)105-43-48-141-52-56-143-53-49-138-45-37-84(119)109-77(91(127)103-41-16-11-9-10-12-32-86(121)122)28-15-17-40-101-82(117)30-20-31-83(118)102-42-47-140-51-55-142-54-50-139-46-38-85(120)110-79(61-88(125)126)94(130)115-44-21-29-80(115)92(128)113-89(64(4)5)95(131)145-100(8-3)75-59-81-90-73(62-116(81)93(129)74(75)63-144-96(100)132)71(7-2)72-26-13-14-27-76(72)111-90/h13-14,18-19,22-27,33-36,57-59,64,77-80,89,114H,6-12,15-17,20-21,28-32,37-56,60-63H2,1-5H3,(H,101,117)(H,102,118)(H,103,127)(H,109,119)(H,110,120)(H,113,128)(H,121,122)(H,123,124)(H,125,126)(H2,104,108,133)(H2,105,106,134)(H2,107,112,135)/t77-,78+,79-,80-,89-,100-/m0/s1. The van der Waals surface area contributed by atoms with Crippen LogP contribution in [0.1, 0.15) is 197 Å². The normalized spacial score (nSPS) is 14.8. The second kappa shape index (κ2) is 60.2. The highest BCUT2D eigenvalue weighted by Gasteiger charge is 2.52. The summed E-state index contributed by atoms with van der Waals surface area (Å²) >= 11 is 0. The number of benzene rings is 4. The monoisotopic (exact) mass is 2060 g/mol. The van der Waals surface area contributed by atoms with Crippen molar-refractivity contribution in [2.45, 2.75) is 223 Å². The third kappa shape index (κ3) is 37.0. The number of aryl methyl sites for hydroxylation is 1. The maximum Gasteiger partial charge on any atom is 0.355 e. The number of para-hydroxylation sites is 1. The van der Waals surface area contributed by atoms with Crippen molar-refractivity contribution in [3.8, 4) is 11.4 Å². The quantitative estimate of drug-likeness (QED) is 0.0132. The number of likely N-dealkylation sites (tertiary alicyclic amines) is 1. The number of amides is 13. The zero-order valence-electron chi connectivity index (χ0n) is 83.0. The number of nitrogens with zero attached hydrogens (tertiary/aromatic N) is 3. The SMILES string of the molecule is CCCNC(=O)Nc1cccc(S(=O)(=O)Nc2cccc([C@@H](CC(=O)O)NC(=O)Nc3ccc(NC(=O)NCCOCCOCCOCCC(=O)N[C@@H](CCCCNC(=O)CCCC(=O)NCCOCCOCCOCCC(=O)N[C@@H](CC(=O)O)C(=O)N4CCC[C@H]4C(=O)N[C@H](C(=O)O[C@]4(CC)C(=O)OCc5c4cc4n(c5=O)Cc5c-4nc4ccccc4c5CC)C(C)C)C(=O)NCCCCCCCC(=O)O)cc3)c2)c1. The molecule has 0 radical (unpaired) electrons. The Morgan fingerprint density at radius 2 is 1.09 bits per heavy atom. The van der Waals surface area contributed by atoms with Gasteiger partial charge in [0.25, 0.3) is 15.6 Å². The number of nitrogens with one attached hydrogen (secondary N) is 13. The lowest BCUT2D eigenvalue weighted by Gasteiger charge is -2.37. The highest BCUT2D eigenvalue weighted by molar-refractivity contribution is 7.92. The van der Waals surface area contributed by atoms with E-state index >= 15 is 0 Å². The smallest absolute Gasteiger partial charge is 0.355 e. The molecule has 2 aromatic heterocycles. The highest BCUT2D eigenvalue weighted by Crippen LogP contribution is 2.43. The van der Waals surface area contributed by atoms with Crippen molar-refractivity contribution in [2.75, 3.05) is 139 Å². The Morgan fingerprint density at radius 3 is 1.72 bits per heavy atom. The lowest BCUT2D eigenvalue weighted by molar-refractivity contribution is -0.191. The molecule has 0 unspecified atom stereocenters. The molecule has 0 aliphatic carbocycles. The van der Waals surface area contributed by atoms with Crippen molar-refractivity contribution in [2.24, 2.45) is 5.92 Å². The molecule has 5 heterocycles. The van der Waals surface area contributed by atoms with E-state index in [-0.39, 0.29) is 227 Å². The molecule has 6 aromatic rings. The van der Waals surface area contributed by atoms with Gasteiger partial charge in [-0.15, -0.1) is 0 Å². The molecule has 3 aliphatic rings. The number of anilines is 4. The number of aliphatic carboxylic acids is 3. The summed E-state index contributed by atoms with van der Waals surface area (Å²) in [6, 6.07) is 18.9. The molecule has 6 atom stereocenters. The van der Waals surface area contributed by atoms with Crippen LogP contribution in [0.25, 0.3) is 22.3 Å². The summed E-state index contributed by atoms with van der Waals surface area (Å²) < 4.78 is 75.9. The summed E-state index contributed by atoms with van der Waals surface area (Å²) in [5, 5.41) is 61.6. The fourth-order valence-corrected chi connectivity index (χ4v) is 17.7. The summed E-state index contributed by atoms with van der Waals surface area (Å²) in [7, 11) is -4.19. The van der Waals surface area contributed by atoms with Crippen molar-refractivity contribution < 1.29 is 134 Å². The molecule has 16 N–H and O–H groups in total. The third-order valence-corrected chi connectivity index (χ3v) is 25.4. The van der Waals surface area contributed by atoms with Gasteiger partial charge in [-0.1, -0.05) is 90.3 Å². The molecule has 0 saturated carbocycles. The van der Waals surface area contributed by atoms with Crippen LogP contribution in [0.5, 0.6) is 0 Å². The zero-order valence-corrected chi connectivity index (χ0v) is 83.8. The van der Waals surface area contributed by atoms with E-state index in [1.54, 1.807) is 31.4 Å². The first-order chi connectivity index (χ1) is 70.2. The van der Waals surface area contributed by atoms with Crippen LogP contribution in [0.4, 0.5) is 37.1 Å². The van der Waals surface area contributed by atoms with Gasteiger partial charge >= 0.3 is 47.9 Å². The number of carbonyl (C=O) groups excluding carboxylic acids is 12. The predicted molar refractivity (Wildman–Crippen MR) is 533 cm³/mol. The number of aromatic nitrogens is 2.